The van der Waals surface area contributed by atoms with Crippen LogP contribution >= 0.6 is 0 Å². The number of carbonyl (C=O) groups is 2. The Morgan fingerprint density at radius 1 is 1.28 bits per heavy atom. The number of benzene rings is 1. The zero-order valence-corrected chi connectivity index (χ0v) is 10.8. The lowest BCUT2D eigenvalue weighted by atomic mass is 10.1. The molecule has 18 heavy (non-hydrogen) atoms. The number of nitrogens with two attached hydrogens (primary N) is 1. The second kappa shape index (κ2) is 6.91. The van der Waals surface area contributed by atoms with Gasteiger partial charge < -0.3 is 11.1 Å². The van der Waals surface area contributed by atoms with Gasteiger partial charge in [0.2, 0.25) is 5.78 Å². The lowest BCUT2D eigenvalue weighted by molar-refractivity contribution is -0.139. The minimum Gasteiger partial charge on any atom is -0.343 e. The molecule has 0 radical (unpaired) electrons. The summed E-state index contributed by atoms with van der Waals surface area (Å²) in [7, 11) is 0. The van der Waals surface area contributed by atoms with Crippen LogP contribution in [0.2, 0.25) is 0 Å². The predicted octanol–water partition coefficient (Wildman–Crippen LogP) is 1.56. The highest BCUT2D eigenvalue weighted by atomic mass is 16.2. The van der Waals surface area contributed by atoms with Crippen LogP contribution < -0.4 is 11.1 Å². The Kier molecular flexibility index (Phi) is 5.52. The molecule has 1 amide bonds. The van der Waals surface area contributed by atoms with Gasteiger partial charge in [0.25, 0.3) is 5.91 Å². The van der Waals surface area contributed by atoms with Gasteiger partial charge in [-0.3, -0.25) is 9.59 Å². The van der Waals surface area contributed by atoms with E-state index in [-0.39, 0.29) is 6.04 Å². The number of ketones is 1. The van der Waals surface area contributed by atoms with E-state index in [4.69, 9.17) is 5.73 Å². The summed E-state index contributed by atoms with van der Waals surface area (Å²) in [6.07, 6.45) is 1.32. The van der Waals surface area contributed by atoms with Crippen LogP contribution in [-0.2, 0) is 9.59 Å². The van der Waals surface area contributed by atoms with Crippen molar-refractivity contribution in [2.75, 3.05) is 0 Å². The van der Waals surface area contributed by atoms with Crippen LogP contribution in [0.1, 0.15) is 38.3 Å². The Bertz CT molecular complexity index is 404. The molecule has 2 atom stereocenters. The van der Waals surface area contributed by atoms with Crippen LogP contribution in [0.15, 0.2) is 30.3 Å². The molecule has 0 spiro atoms. The van der Waals surface area contributed by atoms with Crippen molar-refractivity contribution in [2.45, 2.75) is 38.8 Å². The average molecular weight is 248 g/mol. The van der Waals surface area contributed by atoms with E-state index >= 15 is 0 Å². The molecule has 0 aromatic heterocycles. The van der Waals surface area contributed by atoms with E-state index in [2.05, 4.69) is 5.32 Å². The molecule has 98 valence electrons. The fourth-order valence-corrected chi connectivity index (χ4v) is 1.70. The van der Waals surface area contributed by atoms with Crippen LogP contribution in [0, 0.1) is 0 Å². The van der Waals surface area contributed by atoms with Crippen molar-refractivity contribution < 1.29 is 9.59 Å². The summed E-state index contributed by atoms with van der Waals surface area (Å²) in [5.41, 5.74) is 6.59. The third-order valence-electron chi connectivity index (χ3n) is 2.81. The minimum absolute atomic E-state index is 0.198. The minimum atomic E-state index is -0.696. The monoisotopic (exact) mass is 248 g/mol. The molecule has 0 heterocycles. The molecule has 0 bridgehead atoms. The summed E-state index contributed by atoms with van der Waals surface area (Å²) in [6.45, 7) is 3.77. The van der Waals surface area contributed by atoms with Crippen molar-refractivity contribution in [3.8, 4) is 0 Å². The van der Waals surface area contributed by atoms with Crippen molar-refractivity contribution in [3.05, 3.63) is 35.9 Å². The van der Waals surface area contributed by atoms with Gasteiger partial charge in [-0.15, -0.1) is 0 Å². The highest BCUT2D eigenvalue weighted by molar-refractivity contribution is 6.38. The highest BCUT2D eigenvalue weighted by Crippen LogP contribution is 2.11. The lowest BCUT2D eigenvalue weighted by Gasteiger charge is -2.15. The molecule has 2 unspecified atom stereocenters. The van der Waals surface area contributed by atoms with E-state index in [1.807, 2.05) is 44.2 Å². The Morgan fingerprint density at radius 3 is 2.44 bits per heavy atom. The molecule has 0 aliphatic rings. The molecule has 0 fully saturated rings. The van der Waals surface area contributed by atoms with Crippen molar-refractivity contribution in [2.24, 2.45) is 5.73 Å². The summed E-state index contributed by atoms with van der Waals surface area (Å²) < 4.78 is 0. The summed E-state index contributed by atoms with van der Waals surface area (Å²) in [4.78, 5) is 23.4. The SMILES string of the molecule is CCCC(N)C(=O)C(=O)NC(C)c1ccccc1. The normalized spacial score (nSPS) is 13.7. The van der Waals surface area contributed by atoms with Gasteiger partial charge in [0.05, 0.1) is 12.1 Å². The molecule has 0 aliphatic carbocycles. The molecule has 0 saturated heterocycles. The van der Waals surface area contributed by atoms with Crippen LogP contribution in [0.3, 0.4) is 0 Å². The first-order valence-corrected chi connectivity index (χ1v) is 6.21. The standard InChI is InChI=1S/C14H20N2O2/c1-3-7-12(15)13(17)14(18)16-10(2)11-8-5-4-6-9-11/h4-6,8-10,12H,3,7,15H2,1-2H3,(H,16,18). The Morgan fingerprint density at radius 2 is 1.89 bits per heavy atom. The molecule has 1 aromatic rings. The van der Waals surface area contributed by atoms with Crippen LogP contribution in [0.5, 0.6) is 0 Å². The van der Waals surface area contributed by atoms with E-state index in [0.717, 1.165) is 12.0 Å². The number of hydrogen-bond acceptors (Lipinski definition) is 3. The van der Waals surface area contributed by atoms with E-state index in [1.165, 1.54) is 0 Å². The zero-order chi connectivity index (χ0) is 13.5. The van der Waals surface area contributed by atoms with Crippen molar-refractivity contribution in [1.82, 2.24) is 5.32 Å². The maximum atomic E-state index is 11.7. The maximum Gasteiger partial charge on any atom is 0.289 e. The number of carbonyl (C=O) groups excluding carboxylic acids is 2. The second-order valence-electron chi connectivity index (χ2n) is 4.37. The van der Waals surface area contributed by atoms with Crippen molar-refractivity contribution in [1.29, 1.82) is 0 Å². The highest BCUT2D eigenvalue weighted by Gasteiger charge is 2.22. The summed E-state index contributed by atoms with van der Waals surface area (Å²) in [5.74, 6) is -1.15. The third-order valence-corrected chi connectivity index (χ3v) is 2.81. The van der Waals surface area contributed by atoms with Crippen LogP contribution in [0.4, 0.5) is 0 Å². The van der Waals surface area contributed by atoms with Crippen LogP contribution in [-0.4, -0.2) is 17.7 Å². The Labute approximate surface area is 108 Å². The van der Waals surface area contributed by atoms with Crippen LogP contribution in [0.25, 0.3) is 0 Å². The topological polar surface area (TPSA) is 72.2 Å². The van der Waals surface area contributed by atoms with Crippen molar-refractivity contribution in [3.63, 3.8) is 0 Å². The van der Waals surface area contributed by atoms with Gasteiger partial charge >= 0.3 is 0 Å². The van der Waals surface area contributed by atoms with Gasteiger partial charge in [-0.1, -0.05) is 43.7 Å². The third kappa shape index (κ3) is 3.96. The fourth-order valence-electron chi connectivity index (χ4n) is 1.70. The summed E-state index contributed by atoms with van der Waals surface area (Å²) >= 11 is 0. The average Bonchev–Trinajstić information content (AvgIpc) is 2.39. The fraction of sp³-hybridized carbons (Fsp3) is 0.429. The number of Topliss-reactive ketones (excluding diaryl/α,β-unsaturated/α-hetero) is 1. The van der Waals surface area contributed by atoms with E-state index < -0.39 is 17.7 Å². The smallest absolute Gasteiger partial charge is 0.289 e. The second-order valence-corrected chi connectivity index (χ2v) is 4.37. The molecular weight excluding hydrogens is 228 g/mol. The Balaban J connectivity index is 2.57. The largest absolute Gasteiger partial charge is 0.343 e. The van der Waals surface area contributed by atoms with Gasteiger partial charge in [0.15, 0.2) is 0 Å². The summed E-state index contributed by atoms with van der Waals surface area (Å²) in [6, 6.07) is 8.60. The predicted molar refractivity (Wildman–Crippen MR) is 70.9 cm³/mol. The van der Waals surface area contributed by atoms with E-state index in [0.29, 0.717) is 6.42 Å². The molecule has 4 nitrogen and oxygen atoms in total. The number of amides is 1. The van der Waals surface area contributed by atoms with Gasteiger partial charge in [-0.05, 0) is 18.9 Å². The first kappa shape index (κ1) is 14.4. The molecule has 3 N–H and O–H groups in total. The Hall–Kier alpha value is -1.68. The van der Waals surface area contributed by atoms with Gasteiger partial charge in [-0.2, -0.15) is 0 Å². The molecule has 1 rings (SSSR count). The van der Waals surface area contributed by atoms with E-state index in [1.54, 1.807) is 0 Å². The van der Waals surface area contributed by atoms with Crippen molar-refractivity contribution >= 4 is 11.7 Å². The van der Waals surface area contributed by atoms with Gasteiger partial charge in [0.1, 0.15) is 0 Å². The quantitative estimate of drug-likeness (QED) is 0.750. The molecule has 0 saturated carbocycles. The van der Waals surface area contributed by atoms with Gasteiger partial charge in [-0.25, -0.2) is 0 Å². The molecule has 1 aromatic carbocycles. The molecule has 0 aliphatic heterocycles. The number of rotatable bonds is 6. The number of nitrogens with one attached hydrogen (secondary N) is 1. The molecule has 4 heteroatoms. The number of hydrogen-bond donors (Lipinski definition) is 2. The van der Waals surface area contributed by atoms with E-state index in [9.17, 15) is 9.59 Å². The first-order chi connectivity index (χ1) is 8.56. The maximum absolute atomic E-state index is 11.7. The lowest BCUT2D eigenvalue weighted by Crippen LogP contribution is -2.43. The summed E-state index contributed by atoms with van der Waals surface area (Å²) in [5, 5.41) is 2.67. The van der Waals surface area contributed by atoms with Gasteiger partial charge in [0, 0.05) is 0 Å². The zero-order valence-electron chi connectivity index (χ0n) is 10.8. The molecular formula is C14H20N2O2. The first-order valence-electron chi connectivity index (χ1n) is 6.21.